The molecule has 0 atom stereocenters. The second-order valence-corrected chi connectivity index (χ2v) is 6.72. The second kappa shape index (κ2) is 8.41. The van der Waals surface area contributed by atoms with Crippen LogP contribution >= 0.6 is 0 Å². The molecule has 0 saturated carbocycles. The quantitative estimate of drug-likeness (QED) is 0.321. The third-order valence-electron chi connectivity index (χ3n) is 4.90. The van der Waals surface area contributed by atoms with Crippen molar-refractivity contribution in [1.82, 2.24) is 0 Å². The summed E-state index contributed by atoms with van der Waals surface area (Å²) in [6, 6.07) is 33.6. The number of benzene rings is 4. The topological polar surface area (TPSA) is 37.3 Å². The van der Waals surface area contributed by atoms with Crippen LogP contribution in [0.25, 0.3) is 21.9 Å². The Labute approximate surface area is 170 Å². The summed E-state index contributed by atoms with van der Waals surface area (Å²) < 4.78 is 0. The SMILES string of the molecule is O=C(O)/C(=C/C=C(c1ccccc1)c1ccccc1)c1cccc2ccccc12. The van der Waals surface area contributed by atoms with Crippen LogP contribution in [0.4, 0.5) is 0 Å². The highest BCUT2D eigenvalue weighted by molar-refractivity contribution is 6.19. The number of aliphatic carboxylic acids is 1. The lowest BCUT2D eigenvalue weighted by molar-refractivity contribution is -0.130. The van der Waals surface area contributed by atoms with Crippen molar-refractivity contribution in [3.63, 3.8) is 0 Å². The van der Waals surface area contributed by atoms with Crippen LogP contribution in [0.2, 0.25) is 0 Å². The number of allylic oxidation sites excluding steroid dienone is 2. The third-order valence-corrected chi connectivity index (χ3v) is 4.90. The first-order chi connectivity index (χ1) is 14.2. The Morgan fingerprint density at radius 1 is 0.621 bits per heavy atom. The minimum atomic E-state index is -0.946. The molecule has 140 valence electrons. The number of fused-ring (bicyclic) bond motifs is 1. The molecule has 4 aromatic rings. The molecule has 0 bridgehead atoms. The highest BCUT2D eigenvalue weighted by Gasteiger charge is 2.13. The molecule has 0 heterocycles. The van der Waals surface area contributed by atoms with E-state index in [4.69, 9.17) is 0 Å². The van der Waals surface area contributed by atoms with Crippen LogP contribution in [0.5, 0.6) is 0 Å². The van der Waals surface area contributed by atoms with Gasteiger partial charge < -0.3 is 5.11 Å². The Morgan fingerprint density at radius 3 is 1.79 bits per heavy atom. The lowest BCUT2D eigenvalue weighted by Crippen LogP contribution is -2.00. The first kappa shape index (κ1) is 18.5. The van der Waals surface area contributed by atoms with Crippen LogP contribution in [0.1, 0.15) is 16.7 Å². The van der Waals surface area contributed by atoms with Crippen molar-refractivity contribution >= 4 is 27.9 Å². The molecule has 2 heteroatoms. The highest BCUT2D eigenvalue weighted by atomic mass is 16.4. The number of hydrogen-bond acceptors (Lipinski definition) is 1. The fraction of sp³-hybridized carbons (Fsp3) is 0. The first-order valence-electron chi connectivity index (χ1n) is 9.48. The Kier molecular flexibility index (Phi) is 5.35. The van der Waals surface area contributed by atoms with E-state index in [0.717, 1.165) is 27.5 Å². The number of carboxylic acids is 1. The minimum Gasteiger partial charge on any atom is -0.478 e. The Bertz CT molecular complexity index is 1160. The molecule has 0 radical (unpaired) electrons. The average molecular weight is 376 g/mol. The van der Waals surface area contributed by atoms with E-state index in [1.165, 1.54) is 0 Å². The normalized spacial score (nSPS) is 11.2. The maximum atomic E-state index is 12.1. The van der Waals surface area contributed by atoms with Crippen LogP contribution in [0.3, 0.4) is 0 Å². The molecule has 2 nitrogen and oxygen atoms in total. The van der Waals surface area contributed by atoms with Crippen LogP contribution in [0.15, 0.2) is 115 Å². The van der Waals surface area contributed by atoms with Gasteiger partial charge in [-0.1, -0.05) is 109 Å². The molecular formula is C27H20O2. The van der Waals surface area contributed by atoms with Crippen molar-refractivity contribution in [2.75, 3.05) is 0 Å². The van der Waals surface area contributed by atoms with E-state index < -0.39 is 5.97 Å². The van der Waals surface area contributed by atoms with E-state index in [9.17, 15) is 9.90 Å². The molecular weight excluding hydrogens is 356 g/mol. The molecule has 0 aromatic heterocycles. The minimum absolute atomic E-state index is 0.270. The third kappa shape index (κ3) is 4.02. The number of carboxylic acid groups (broad SMARTS) is 1. The summed E-state index contributed by atoms with van der Waals surface area (Å²) in [7, 11) is 0. The van der Waals surface area contributed by atoms with Crippen molar-refractivity contribution in [2.45, 2.75) is 0 Å². The van der Waals surface area contributed by atoms with Crippen molar-refractivity contribution < 1.29 is 9.90 Å². The lowest BCUT2D eigenvalue weighted by Gasteiger charge is -2.09. The molecule has 0 aliphatic heterocycles. The van der Waals surface area contributed by atoms with Gasteiger partial charge in [0.05, 0.1) is 5.57 Å². The van der Waals surface area contributed by atoms with E-state index >= 15 is 0 Å². The van der Waals surface area contributed by atoms with E-state index in [-0.39, 0.29) is 5.57 Å². The molecule has 0 spiro atoms. The van der Waals surface area contributed by atoms with Gasteiger partial charge in [-0.25, -0.2) is 4.79 Å². The van der Waals surface area contributed by atoms with Crippen LogP contribution in [0, 0.1) is 0 Å². The smallest absolute Gasteiger partial charge is 0.336 e. The number of hydrogen-bond donors (Lipinski definition) is 1. The zero-order valence-electron chi connectivity index (χ0n) is 15.8. The average Bonchev–Trinajstić information content (AvgIpc) is 2.77. The first-order valence-corrected chi connectivity index (χ1v) is 9.48. The van der Waals surface area contributed by atoms with Gasteiger partial charge in [-0.15, -0.1) is 0 Å². The summed E-state index contributed by atoms with van der Waals surface area (Å²) in [5, 5.41) is 11.9. The highest BCUT2D eigenvalue weighted by Crippen LogP contribution is 2.28. The molecule has 1 N–H and O–H groups in total. The van der Waals surface area contributed by atoms with Gasteiger partial charge in [-0.05, 0) is 39.1 Å². The second-order valence-electron chi connectivity index (χ2n) is 6.72. The summed E-state index contributed by atoms with van der Waals surface area (Å²) in [5.74, 6) is -0.946. The fourth-order valence-corrected chi connectivity index (χ4v) is 3.50. The van der Waals surface area contributed by atoms with Crippen molar-refractivity contribution in [3.05, 3.63) is 132 Å². The van der Waals surface area contributed by atoms with E-state index in [0.29, 0.717) is 5.56 Å². The fourth-order valence-electron chi connectivity index (χ4n) is 3.50. The number of carbonyl (C=O) groups is 1. The molecule has 0 aliphatic rings. The van der Waals surface area contributed by atoms with Crippen molar-refractivity contribution in [1.29, 1.82) is 0 Å². The van der Waals surface area contributed by atoms with Gasteiger partial charge in [0.25, 0.3) is 0 Å². The van der Waals surface area contributed by atoms with Crippen LogP contribution in [-0.2, 0) is 4.79 Å². The van der Waals surface area contributed by atoms with Gasteiger partial charge in [0, 0.05) is 0 Å². The summed E-state index contributed by atoms with van der Waals surface area (Å²) >= 11 is 0. The monoisotopic (exact) mass is 376 g/mol. The molecule has 0 unspecified atom stereocenters. The van der Waals surface area contributed by atoms with Gasteiger partial charge in [-0.2, -0.15) is 0 Å². The predicted octanol–water partition coefficient (Wildman–Crippen LogP) is 6.44. The molecule has 0 amide bonds. The molecule has 0 saturated heterocycles. The van der Waals surface area contributed by atoms with E-state index in [2.05, 4.69) is 0 Å². The molecule has 4 aromatic carbocycles. The van der Waals surface area contributed by atoms with Gasteiger partial charge in [0.15, 0.2) is 0 Å². The molecule has 0 fully saturated rings. The molecule has 4 rings (SSSR count). The standard InChI is InChI=1S/C27H20O2/c28-27(29)26(25-17-9-15-22-14-7-8-16-24(22)25)19-18-23(20-10-3-1-4-11-20)21-12-5-2-6-13-21/h1-19H,(H,28,29)/b26-19+. The zero-order chi connectivity index (χ0) is 20.1. The summed E-state index contributed by atoms with van der Waals surface area (Å²) in [6.45, 7) is 0. The van der Waals surface area contributed by atoms with Gasteiger partial charge >= 0.3 is 5.97 Å². The predicted molar refractivity (Wildman–Crippen MR) is 120 cm³/mol. The van der Waals surface area contributed by atoms with Crippen LogP contribution < -0.4 is 0 Å². The largest absolute Gasteiger partial charge is 0.478 e. The Balaban J connectivity index is 1.89. The summed E-state index contributed by atoms with van der Waals surface area (Å²) in [6.07, 6.45) is 3.61. The van der Waals surface area contributed by atoms with Gasteiger partial charge in [0.2, 0.25) is 0 Å². The lowest BCUT2D eigenvalue weighted by atomic mass is 9.95. The van der Waals surface area contributed by atoms with Crippen molar-refractivity contribution in [3.8, 4) is 0 Å². The summed E-state index contributed by atoms with van der Waals surface area (Å²) in [5.41, 5.74) is 4.04. The molecule has 0 aliphatic carbocycles. The summed E-state index contributed by atoms with van der Waals surface area (Å²) in [4.78, 5) is 12.1. The maximum Gasteiger partial charge on any atom is 0.336 e. The van der Waals surface area contributed by atoms with Gasteiger partial charge in [0.1, 0.15) is 0 Å². The number of rotatable bonds is 5. The Hall–Kier alpha value is -3.91. The Morgan fingerprint density at radius 2 is 1.17 bits per heavy atom. The molecule has 29 heavy (non-hydrogen) atoms. The van der Waals surface area contributed by atoms with E-state index in [1.807, 2.05) is 109 Å². The maximum absolute atomic E-state index is 12.1. The van der Waals surface area contributed by atoms with E-state index in [1.54, 1.807) is 6.08 Å². The van der Waals surface area contributed by atoms with Gasteiger partial charge in [-0.3, -0.25) is 0 Å². The van der Waals surface area contributed by atoms with Crippen molar-refractivity contribution in [2.24, 2.45) is 0 Å². The zero-order valence-corrected chi connectivity index (χ0v) is 15.8. The van der Waals surface area contributed by atoms with Crippen LogP contribution in [-0.4, -0.2) is 11.1 Å².